The Balaban J connectivity index is 3.06. The molecule has 1 rings (SSSR count). The Hall–Kier alpha value is -0.910. The molecular weight excluding hydrogens is 216 g/mol. The second kappa shape index (κ2) is 4.74. The molecule has 0 saturated heterocycles. The monoisotopic (exact) mass is 230 g/mol. The van der Waals surface area contributed by atoms with Gasteiger partial charge in [0.2, 0.25) is 0 Å². The average molecular weight is 230 g/mol. The summed E-state index contributed by atoms with van der Waals surface area (Å²) in [5.41, 5.74) is 1.64. The van der Waals surface area contributed by atoms with Crippen molar-refractivity contribution in [1.82, 2.24) is 0 Å². The van der Waals surface area contributed by atoms with Gasteiger partial charge in [-0.2, -0.15) is 8.42 Å². The van der Waals surface area contributed by atoms with Gasteiger partial charge in [0.15, 0.2) is 0 Å². The number of hydrogen-bond acceptors (Lipinski definition) is 3. The standard InChI is InChI=1S/C10H14O4S/c1-8-5-9(3-4-14-2)7-10(6-8)15(11,12)13/h5-7H,3-4H2,1-2H3,(H,11,12,13). The maximum absolute atomic E-state index is 10.9. The number of methoxy groups -OCH3 is 1. The van der Waals surface area contributed by atoms with Crippen molar-refractivity contribution in [2.45, 2.75) is 18.2 Å². The van der Waals surface area contributed by atoms with E-state index in [1.807, 2.05) is 6.07 Å². The summed E-state index contributed by atoms with van der Waals surface area (Å²) in [6.07, 6.45) is 0.626. The van der Waals surface area contributed by atoms with Gasteiger partial charge in [0.1, 0.15) is 0 Å². The van der Waals surface area contributed by atoms with Crippen LogP contribution in [0.4, 0.5) is 0 Å². The van der Waals surface area contributed by atoms with Gasteiger partial charge in [-0.25, -0.2) is 0 Å². The van der Waals surface area contributed by atoms with Gasteiger partial charge < -0.3 is 4.74 Å². The van der Waals surface area contributed by atoms with Crippen molar-refractivity contribution in [3.05, 3.63) is 29.3 Å². The van der Waals surface area contributed by atoms with Crippen molar-refractivity contribution < 1.29 is 17.7 Å². The van der Waals surface area contributed by atoms with Crippen LogP contribution in [-0.4, -0.2) is 26.7 Å². The third-order valence-electron chi connectivity index (χ3n) is 2.00. The van der Waals surface area contributed by atoms with Gasteiger partial charge in [0, 0.05) is 7.11 Å². The molecule has 0 amide bonds. The van der Waals surface area contributed by atoms with Gasteiger partial charge in [-0.05, 0) is 36.6 Å². The largest absolute Gasteiger partial charge is 0.384 e. The number of aryl methyl sites for hydroxylation is 1. The molecule has 84 valence electrons. The molecular formula is C10H14O4S. The zero-order chi connectivity index (χ0) is 11.5. The lowest BCUT2D eigenvalue weighted by Gasteiger charge is -2.05. The molecule has 4 nitrogen and oxygen atoms in total. The molecule has 15 heavy (non-hydrogen) atoms. The van der Waals surface area contributed by atoms with Crippen molar-refractivity contribution >= 4 is 10.1 Å². The summed E-state index contributed by atoms with van der Waals surface area (Å²) in [5.74, 6) is 0. The summed E-state index contributed by atoms with van der Waals surface area (Å²) >= 11 is 0. The van der Waals surface area contributed by atoms with E-state index in [9.17, 15) is 8.42 Å². The zero-order valence-corrected chi connectivity index (χ0v) is 9.54. The summed E-state index contributed by atoms with van der Waals surface area (Å²) in [5, 5.41) is 0. The van der Waals surface area contributed by atoms with Crippen LogP contribution in [0.3, 0.4) is 0 Å². The van der Waals surface area contributed by atoms with Crippen LogP contribution in [0.15, 0.2) is 23.1 Å². The second-order valence-electron chi connectivity index (χ2n) is 3.37. The Morgan fingerprint density at radius 3 is 2.53 bits per heavy atom. The molecule has 0 aliphatic rings. The Morgan fingerprint density at radius 2 is 2.00 bits per heavy atom. The molecule has 0 bridgehead atoms. The van der Waals surface area contributed by atoms with E-state index in [0.717, 1.165) is 11.1 Å². The highest BCUT2D eigenvalue weighted by Gasteiger charge is 2.10. The van der Waals surface area contributed by atoms with Crippen LogP contribution in [0, 0.1) is 6.92 Å². The lowest BCUT2D eigenvalue weighted by molar-refractivity contribution is 0.202. The summed E-state index contributed by atoms with van der Waals surface area (Å²) in [7, 11) is -2.53. The van der Waals surface area contributed by atoms with E-state index in [2.05, 4.69) is 0 Å². The summed E-state index contributed by atoms with van der Waals surface area (Å²) in [4.78, 5) is -0.0615. The van der Waals surface area contributed by atoms with Crippen LogP contribution in [0.1, 0.15) is 11.1 Å². The molecule has 1 aromatic carbocycles. The predicted molar refractivity (Wildman–Crippen MR) is 56.6 cm³/mol. The fourth-order valence-electron chi connectivity index (χ4n) is 1.34. The highest BCUT2D eigenvalue weighted by molar-refractivity contribution is 7.85. The molecule has 0 aromatic heterocycles. The van der Waals surface area contributed by atoms with E-state index in [1.54, 1.807) is 14.0 Å². The first-order valence-corrected chi connectivity index (χ1v) is 5.94. The van der Waals surface area contributed by atoms with E-state index >= 15 is 0 Å². The van der Waals surface area contributed by atoms with Crippen LogP contribution < -0.4 is 0 Å². The molecule has 0 saturated carbocycles. The molecule has 0 unspecified atom stereocenters. The molecule has 0 atom stereocenters. The van der Waals surface area contributed by atoms with E-state index in [-0.39, 0.29) is 4.90 Å². The topological polar surface area (TPSA) is 63.6 Å². The van der Waals surface area contributed by atoms with Crippen molar-refractivity contribution in [2.75, 3.05) is 13.7 Å². The minimum atomic E-state index is -4.11. The smallest absolute Gasteiger partial charge is 0.294 e. The van der Waals surface area contributed by atoms with Gasteiger partial charge in [-0.1, -0.05) is 6.07 Å². The average Bonchev–Trinajstić information content (AvgIpc) is 2.12. The van der Waals surface area contributed by atoms with Crippen LogP contribution in [0.5, 0.6) is 0 Å². The highest BCUT2D eigenvalue weighted by Crippen LogP contribution is 2.15. The van der Waals surface area contributed by atoms with Gasteiger partial charge in [-0.3, -0.25) is 4.55 Å². The molecule has 1 aromatic rings. The van der Waals surface area contributed by atoms with E-state index < -0.39 is 10.1 Å². The molecule has 0 aliphatic heterocycles. The van der Waals surface area contributed by atoms with Gasteiger partial charge in [-0.15, -0.1) is 0 Å². The molecule has 0 radical (unpaired) electrons. The quantitative estimate of drug-likeness (QED) is 0.795. The third kappa shape index (κ3) is 3.62. The molecule has 0 aliphatic carbocycles. The van der Waals surface area contributed by atoms with Crippen LogP contribution in [-0.2, 0) is 21.3 Å². The third-order valence-corrected chi connectivity index (χ3v) is 2.83. The Morgan fingerprint density at radius 1 is 1.33 bits per heavy atom. The lowest BCUT2D eigenvalue weighted by Crippen LogP contribution is -2.01. The van der Waals surface area contributed by atoms with Crippen molar-refractivity contribution in [3.63, 3.8) is 0 Å². The van der Waals surface area contributed by atoms with Gasteiger partial charge >= 0.3 is 0 Å². The Bertz CT molecular complexity index is 437. The van der Waals surface area contributed by atoms with Crippen molar-refractivity contribution in [1.29, 1.82) is 0 Å². The first kappa shape index (κ1) is 12.2. The minimum Gasteiger partial charge on any atom is -0.384 e. The maximum atomic E-state index is 10.9. The van der Waals surface area contributed by atoms with E-state index in [0.29, 0.717) is 13.0 Å². The fraction of sp³-hybridized carbons (Fsp3) is 0.400. The molecule has 0 spiro atoms. The number of hydrogen-bond donors (Lipinski definition) is 1. The SMILES string of the molecule is COCCc1cc(C)cc(S(=O)(=O)O)c1. The van der Waals surface area contributed by atoms with E-state index in [1.165, 1.54) is 12.1 Å². The molecule has 0 heterocycles. The minimum absolute atomic E-state index is 0.0615. The summed E-state index contributed by atoms with van der Waals surface area (Å²) in [6.45, 7) is 2.30. The summed E-state index contributed by atoms with van der Waals surface area (Å²) < 4.78 is 35.7. The Kier molecular flexibility index (Phi) is 3.84. The first-order chi connectivity index (χ1) is 6.93. The van der Waals surface area contributed by atoms with E-state index in [4.69, 9.17) is 9.29 Å². The first-order valence-electron chi connectivity index (χ1n) is 4.50. The maximum Gasteiger partial charge on any atom is 0.294 e. The molecule has 5 heteroatoms. The fourth-order valence-corrected chi connectivity index (χ4v) is 1.97. The highest BCUT2D eigenvalue weighted by atomic mass is 32.2. The second-order valence-corrected chi connectivity index (χ2v) is 4.79. The zero-order valence-electron chi connectivity index (χ0n) is 8.73. The Labute approximate surface area is 89.6 Å². The lowest BCUT2D eigenvalue weighted by atomic mass is 10.1. The van der Waals surface area contributed by atoms with Crippen molar-refractivity contribution in [2.24, 2.45) is 0 Å². The van der Waals surface area contributed by atoms with Crippen LogP contribution in [0.2, 0.25) is 0 Å². The normalized spacial score (nSPS) is 11.7. The van der Waals surface area contributed by atoms with Crippen LogP contribution in [0.25, 0.3) is 0 Å². The predicted octanol–water partition coefficient (Wildman–Crippen LogP) is 1.43. The number of benzene rings is 1. The van der Waals surface area contributed by atoms with Crippen molar-refractivity contribution in [3.8, 4) is 0 Å². The van der Waals surface area contributed by atoms with Gasteiger partial charge in [0.05, 0.1) is 11.5 Å². The molecule has 1 N–H and O–H groups in total. The van der Waals surface area contributed by atoms with Gasteiger partial charge in [0.25, 0.3) is 10.1 Å². The number of rotatable bonds is 4. The summed E-state index contributed by atoms with van der Waals surface area (Å²) in [6, 6.07) is 4.76. The van der Waals surface area contributed by atoms with Crippen LogP contribution >= 0.6 is 0 Å². The number of ether oxygens (including phenoxy) is 1. The molecule has 0 fully saturated rings.